The summed E-state index contributed by atoms with van der Waals surface area (Å²) in [6.07, 6.45) is 10.6. The minimum Gasteiger partial charge on any atom is -0.488 e. The van der Waals surface area contributed by atoms with Crippen LogP contribution in [-0.4, -0.2) is 36.8 Å². The van der Waals surface area contributed by atoms with Gasteiger partial charge in [-0.05, 0) is 25.0 Å². The summed E-state index contributed by atoms with van der Waals surface area (Å²) in [5.41, 5.74) is 0.611. The van der Waals surface area contributed by atoms with Crippen LogP contribution in [0.4, 0.5) is 0 Å². The van der Waals surface area contributed by atoms with Crippen molar-refractivity contribution in [2.75, 3.05) is 19.7 Å². The molecule has 0 aromatic rings. The van der Waals surface area contributed by atoms with E-state index in [9.17, 15) is 9.59 Å². The fraction of sp³-hybridized carbons (Fsp3) is 0.429. The van der Waals surface area contributed by atoms with Gasteiger partial charge in [0.2, 0.25) is 0 Å². The van der Waals surface area contributed by atoms with E-state index in [0.29, 0.717) is 12.0 Å². The van der Waals surface area contributed by atoms with Gasteiger partial charge in [0, 0.05) is 25.1 Å². The number of ether oxygens (including phenoxy) is 1. The van der Waals surface area contributed by atoms with Crippen LogP contribution in [0.25, 0.3) is 0 Å². The third-order valence-corrected chi connectivity index (χ3v) is 3.07. The average Bonchev–Trinajstić information content (AvgIpc) is 2.82. The predicted octanol–water partition coefficient (Wildman–Crippen LogP) is 1.59. The van der Waals surface area contributed by atoms with E-state index >= 15 is 0 Å². The lowest BCUT2D eigenvalue weighted by molar-refractivity contribution is -0.133. The van der Waals surface area contributed by atoms with E-state index in [1.54, 1.807) is 18.2 Å². The molecule has 1 fully saturated rings. The Morgan fingerprint density at radius 1 is 1.33 bits per heavy atom. The second-order valence-electron chi connectivity index (χ2n) is 4.40. The number of rotatable bonds is 4. The second-order valence-corrected chi connectivity index (χ2v) is 4.40. The molecule has 1 amide bonds. The maximum atomic E-state index is 11.8. The van der Waals surface area contributed by atoms with Crippen molar-refractivity contribution in [3.8, 4) is 0 Å². The number of aldehydes is 1. The number of hydrogen-bond acceptors (Lipinski definition) is 3. The molecule has 1 saturated heterocycles. The van der Waals surface area contributed by atoms with Crippen molar-refractivity contribution in [3.63, 3.8) is 0 Å². The van der Waals surface area contributed by atoms with Crippen molar-refractivity contribution >= 4 is 12.2 Å². The molecule has 0 spiro atoms. The molecule has 96 valence electrons. The first-order valence-electron chi connectivity index (χ1n) is 6.23. The zero-order valence-corrected chi connectivity index (χ0v) is 10.3. The second kappa shape index (κ2) is 6.19. The number of allylic oxidation sites excluding steroid dienone is 5. The molecule has 0 N–H and O–H groups in total. The van der Waals surface area contributed by atoms with Crippen LogP contribution in [0.5, 0.6) is 0 Å². The van der Waals surface area contributed by atoms with Crippen molar-refractivity contribution in [2.45, 2.75) is 19.3 Å². The van der Waals surface area contributed by atoms with Gasteiger partial charge >= 0.3 is 0 Å². The Hall–Kier alpha value is -1.84. The molecule has 2 rings (SSSR count). The molecule has 0 aromatic carbocycles. The summed E-state index contributed by atoms with van der Waals surface area (Å²) >= 11 is 0. The van der Waals surface area contributed by atoms with Crippen LogP contribution in [0.1, 0.15) is 19.3 Å². The third kappa shape index (κ3) is 3.32. The maximum absolute atomic E-state index is 11.8. The molecule has 0 radical (unpaired) electrons. The maximum Gasteiger partial charge on any atom is 0.260 e. The summed E-state index contributed by atoms with van der Waals surface area (Å²) in [6.45, 7) is 1.77. The molecular formula is C14H17NO3. The molecule has 1 aliphatic heterocycles. The molecule has 1 heterocycles. The molecule has 0 unspecified atom stereocenters. The van der Waals surface area contributed by atoms with Gasteiger partial charge in [-0.2, -0.15) is 0 Å². The Kier molecular flexibility index (Phi) is 4.34. The lowest BCUT2D eigenvalue weighted by Crippen LogP contribution is -2.31. The molecule has 18 heavy (non-hydrogen) atoms. The lowest BCUT2D eigenvalue weighted by atomic mass is 10.3. The van der Waals surface area contributed by atoms with E-state index in [4.69, 9.17) is 4.74 Å². The van der Waals surface area contributed by atoms with Crippen LogP contribution in [0.15, 0.2) is 35.6 Å². The van der Waals surface area contributed by atoms with Crippen molar-refractivity contribution in [2.24, 2.45) is 0 Å². The monoisotopic (exact) mass is 247 g/mol. The average molecular weight is 247 g/mol. The normalized spacial score (nSPS) is 19.0. The highest BCUT2D eigenvalue weighted by Gasteiger charge is 2.18. The van der Waals surface area contributed by atoms with E-state index < -0.39 is 0 Å². The van der Waals surface area contributed by atoms with Crippen LogP contribution in [0.2, 0.25) is 0 Å². The quantitative estimate of drug-likeness (QED) is 0.709. The first-order valence-corrected chi connectivity index (χ1v) is 6.23. The molecule has 2 aliphatic rings. The summed E-state index contributed by atoms with van der Waals surface area (Å²) < 4.78 is 5.49. The largest absolute Gasteiger partial charge is 0.488 e. The van der Waals surface area contributed by atoms with Crippen molar-refractivity contribution in [3.05, 3.63) is 35.6 Å². The number of amides is 1. The fourth-order valence-electron chi connectivity index (χ4n) is 2.02. The summed E-state index contributed by atoms with van der Waals surface area (Å²) in [5.74, 6) is 0.761. The van der Waals surface area contributed by atoms with Crippen LogP contribution >= 0.6 is 0 Å². The Balaban J connectivity index is 1.84. The van der Waals surface area contributed by atoms with E-state index in [1.807, 2.05) is 11.0 Å². The Morgan fingerprint density at radius 3 is 2.83 bits per heavy atom. The molecule has 0 aromatic heterocycles. The van der Waals surface area contributed by atoms with Gasteiger partial charge in [-0.25, -0.2) is 0 Å². The van der Waals surface area contributed by atoms with Gasteiger partial charge in [0.1, 0.15) is 12.0 Å². The Labute approximate surface area is 107 Å². The Bertz CT molecular complexity index is 415. The van der Waals surface area contributed by atoms with Crippen LogP contribution in [0, 0.1) is 0 Å². The smallest absolute Gasteiger partial charge is 0.260 e. The van der Waals surface area contributed by atoms with Gasteiger partial charge in [0.15, 0.2) is 6.61 Å². The molecule has 1 aliphatic carbocycles. The van der Waals surface area contributed by atoms with E-state index in [1.165, 1.54) is 0 Å². The summed E-state index contributed by atoms with van der Waals surface area (Å²) in [5, 5.41) is 0. The molecule has 0 bridgehead atoms. The number of likely N-dealkylation sites (tertiary alicyclic amines) is 1. The number of hydrogen-bond donors (Lipinski definition) is 0. The lowest BCUT2D eigenvalue weighted by Gasteiger charge is -2.16. The highest BCUT2D eigenvalue weighted by molar-refractivity contribution is 5.78. The minimum atomic E-state index is 0.0428. The third-order valence-electron chi connectivity index (χ3n) is 3.07. The zero-order valence-electron chi connectivity index (χ0n) is 10.3. The van der Waals surface area contributed by atoms with Gasteiger partial charge in [-0.15, -0.1) is 0 Å². The van der Waals surface area contributed by atoms with Crippen LogP contribution < -0.4 is 0 Å². The van der Waals surface area contributed by atoms with Gasteiger partial charge in [0.25, 0.3) is 5.91 Å². The van der Waals surface area contributed by atoms with Gasteiger partial charge in [-0.3, -0.25) is 9.59 Å². The van der Waals surface area contributed by atoms with Gasteiger partial charge in [-0.1, -0.05) is 12.2 Å². The first kappa shape index (κ1) is 12.6. The molecule has 0 saturated carbocycles. The topological polar surface area (TPSA) is 46.6 Å². The van der Waals surface area contributed by atoms with Crippen molar-refractivity contribution in [1.82, 2.24) is 4.90 Å². The predicted molar refractivity (Wildman–Crippen MR) is 67.8 cm³/mol. The van der Waals surface area contributed by atoms with E-state index in [-0.39, 0.29) is 12.5 Å². The molecular weight excluding hydrogens is 230 g/mol. The van der Waals surface area contributed by atoms with Crippen LogP contribution in [0.3, 0.4) is 0 Å². The van der Waals surface area contributed by atoms with E-state index in [0.717, 1.165) is 38.0 Å². The van der Waals surface area contributed by atoms with Crippen molar-refractivity contribution < 1.29 is 14.3 Å². The summed E-state index contributed by atoms with van der Waals surface area (Å²) in [6, 6.07) is 0. The van der Waals surface area contributed by atoms with E-state index in [2.05, 4.69) is 0 Å². The molecule has 4 nitrogen and oxygen atoms in total. The van der Waals surface area contributed by atoms with Crippen LogP contribution in [-0.2, 0) is 14.3 Å². The highest BCUT2D eigenvalue weighted by atomic mass is 16.5. The molecule has 4 heteroatoms. The molecule has 0 atom stereocenters. The number of carbonyl (C=O) groups is 2. The SMILES string of the molecule is O=CC1=CC=C(OCC(=O)N2CCCC2)CC=C1. The Morgan fingerprint density at radius 2 is 2.11 bits per heavy atom. The minimum absolute atomic E-state index is 0.0428. The van der Waals surface area contributed by atoms with Gasteiger partial charge < -0.3 is 9.64 Å². The number of carbonyl (C=O) groups excluding carboxylic acids is 2. The standard InChI is InChI=1S/C14H17NO3/c16-10-12-4-3-5-13(7-6-12)18-11-14(17)15-8-1-2-9-15/h3-4,6-7,10H,1-2,5,8-9,11H2. The zero-order chi connectivity index (χ0) is 12.8. The fourth-order valence-corrected chi connectivity index (χ4v) is 2.02. The summed E-state index contributed by atoms with van der Waals surface area (Å²) in [4.78, 5) is 24.2. The summed E-state index contributed by atoms with van der Waals surface area (Å²) in [7, 11) is 0. The number of nitrogens with zero attached hydrogens (tertiary/aromatic N) is 1. The first-order chi connectivity index (χ1) is 8.79. The highest BCUT2D eigenvalue weighted by Crippen LogP contribution is 2.13. The van der Waals surface area contributed by atoms with Crippen molar-refractivity contribution in [1.29, 1.82) is 0 Å². The van der Waals surface area contributed by atoms with Gasteiger partial charge in [0.05, 0.1) is 0 Å².